The molecule has 0 bridgehead atoms. The van der Waals surface area contributed by atoms with Crippen LogP contribution in [-0.4, -0.2) is 40.6 Å². The Morgan fingerprint density at radius 1 is 1.25 bits per heavy atom. The van der Waals surface area contributed by atoms with Gasteiger partial charge in [0.1, 0.15) is 0 Å². The van der Waals surface area contributed by atoms with Crippen molar-refractivity contribution < 1.29 is 0 Å². The number of thioether (sulfide) groups is 2. The summed E-state index contributed by atoms with van der Waals surface area (Å²) in [5.41, 5.74) is 0. The molecular weight excluding hydrogens is 186 g/mol. The lowest BCUT2D eigenvalue weighted by Gasteiger charge is -2.19. The second kappa shape index (κ2) is 4.58. The molecule has 2 aliphatic rings. The number of nitrogens with zero attached hydrogens (tertiary/aromatic N) is 1. The molecule has 0 N–H and O–H groups in total. The SMILES string of the molecule is C=C.CN1CCC2(C1)SCCS2. The van der Waals surface area contributed by atoms with Crippen molar-refractivity contribution in [3.8, 4) is 0 Å². The van der Waals surface area contributed by atoms with E-state index in [-0.39, 0.29) is 0 Å². The largest absolute Gasteiger partial charge is 0.304 e. The summed E-state index contributed by atoms with van der Waals surface area (Å²) in [6.07, 6.45) is 1.40. The van der Waals surface area contributed by atoms with Crippen molar-refractivity contribution in [1.82, 2.24) is 4.90 Å². The van der Waals surface area contributed by atoms with Gasteiger partial charge in [0.25, 0.3) is 0 Å². The van der Waals surface area contributed by atoms with Crippen molar-refractivity contribution in [2.24, 2.45) is 0 Å². The summed E-state index contributed by atoms with van der Waals surface area (Å²) in [5.74, 6) is 2.75. The van der Waals surface area contributed by atoms with Gasteiger partial charge in [-0.15, -0.1) is 36.7 Å². The maximum Gasteiger partial charge on any atom is 0.0749 e. The zero-order valence-corrected chi connectivity index (χ0v) is 9.35. The van der Waals surface area contributed by atoms with E-state index in [0.717, 1.165) is 0 Å². The molecule has 0 unspecified atom stereocenters. The molecule has 70 valence electrons. The molecule has 0 aliphatic carbocycles. The Morgan fingerprint density at radius 3 is 2.25 bits per heavy atom. The molecule has 3 heteroatoms. The molecule has 0 amide bonds. The molecule has 2 fully saturated rings. The Hall–Kier alpha value is 0.400. The second-order valence-corrected chi connectivity index (χ2v) is 6.31. The van der Waals surface area contributed by atoms with Gasteiger partial charge in [-0.05, 0) is 13.5 Å². The normalized spacial score (nSPS) is 27.1. The topological polar surface area (TPSA) is 3.24 Å². The van der Waals surface area contributed by atoms with E-state index in [4.69, 9.17) is 0 Å². The fraction of sp³-hybridized carbons (Fsp3) is 0.778. The number of hydrogen-bond donors (Lipinski definition) is 0. The molecule has 2 rings (SSSR count). The molecule has 1 nitrogen and oxygen atoms in total. The summed E-state index contributed by atoms with van der Waals surface area (Å²) in [6, 6.07) is 0. The standard InChI is InChI=1S/C7H13NS2.C2H4/c1-8-3-2-7(6-8)9-4-5-10-7;1-2/h2-6H2,1H3;1-2H2. The molecular formula is C9H17NS2. The first-order valence-electron chi connectivity index (χ1n) is 4.27. The van der Waals surface area contributed by atoms with Gasteiger partial charge in [0.05, 0.1) is 4.08 Å². The third kappa shape index (κ3) is 2.21. The Balaban J connectivity index is 0.000000336. The average molecular weight is 203 g/mol. The van der Waals surface area contributed by atoms with Crippen LogP contribution in [0.1, 0.15) is 6.42 Å². The lowest BCUT2D eigenvalue weighted by Crippen LogP contribution is -2.22. The number of likely N-dealkylation sites (tertiary alicyclic amines) is 1. The molecule has 0 aromatic heterocycles. The third-order valence-corrected chi connectivity index (χ3v) is 5.70. The minimum absolute atomic E-state index is 0.620. The molecule has 12 heavy (non-hydrogen) atoms. The maximum atomic E-state index is 3.00. The summed E-state index contributed by atoms with van der Waals surface area (Å²) in [6.45, 7) is 8.61. The molecule has 2 saturated heterocycles. The highest BCUT2D eigenvalue weighted by Gasteiger charge is 2.40. The van der Waals surface area contributed by atoms with Gasteiger partial charge in [0, 0.05) is 24.6 Å². The van der Waals surface area contributed by atoms with E-state index in [2.05, 4.69) is 48.6 Å². The van der Waals surface area contributed by atoms with Crippen molar-refractivity contribution in [1.29, 1.82) is 0 Å². The van der Waals surface area contributed by atoms with Gasteiger partial charge in [0.15, 0.2) is 0 Å². The van der Waals surface area contributed by atoms with Crippen molar-refractivity contribution in [3.63, 3.8) is 0 Å². The van der Waals surface area contributed by atoms with Crippen molar-refractivity contribution in [2.45, 2.75) is 10.5 Å². The fourth-order valence-electron chi connectivity index (χ4n) is 1.66. The van der Waals surface area contributed by atoms with Gasteiger partial charge in [-0.1, -0.05) is 0 Å². The quantitative estimate of drug-likeness (QED) is 0.556. The van der Waals surface area contributed by atoms with Crippen LogP contribution in [0, 0.1) is 0 Å². The molecule has 1 spiro atoms. The predicted molar refractivity (Wildman–Crippen MR) is 61.0 cm³/mol. The van der Waals surface area contributed by atoms with Crippen molar-refractivity contribution in [2.75, 3.05) is 31.6 Å². The van der Waals surface area contributed by atoms with Gasteiger partial charge >= 0.3 is 0 Å². The molecule has 0 atom stereocenters. The van der Waals surface area contributed by atoms with Crippen LogP contribution >= 0.6 is 23.5 Å². The third-order valence-electron chi connectivity index (χ3n) is 2.20. The van der Waals surface area contributed by atoms with Crippen LogP contribution < -0.4 is 0 Å². The van der Waals surface area contributed by atoms with Gasteiger partial charge in [0.2, 0.25) is 0 Å². The second-order valence-electron chi connectivity index (χ2n) is 3.10. The highest BCUT2D eigenvalue weighted by atomic mass is 32.2. The van der Waals surface area contributed by atoms with E-state index < -0.39 is 0 Å². The minimum Gasteiger partial charge on any atom is -0.304 e. The van der Waals surface area contributed by atoms with Gasteiger partial charge in [-0.25, -0.2) is 0 Å². The Kier molecular flexibility index (Phi) is 4.00. The van der Waals surface area contributed by atoms with E-state index in [1.807, 2.05) is 0 Å². The van der Waals surface area contributed by atoms with Crippen LogP contribution in [0.15, 0.2) is 13.2 Å². The predicted octanol–water partition coefficient (Wildman–Crippen LogP) is 2.30. The van der Waals surface area contributed by atoms with Crippen LogP contribution in [-0.2, 0) is 0 Å². The Labute approximate surface area is 84.0 Å². The first-order valence-corrected chi connectivity index (χ1v) is 6.24. The van der Waals surface area contributed by atoms with Crippen LogP contribution in [0.2, 0.25) is 0 Å². The molecule has 0 aromatic carbocycles. The first-order chi connectivity index (χ1) is 5.81. The van der Waals surface area contributed by atoms with E-state index in [0.29, 0.717) is 4.08 Å². The smallest absolute Gasteiger partial charge is 0.0749 e. The Morgan fingerprint density at radius 2 is 1.83 bits per heavy atom. The molecule has 0 radical (unpaired) electrons. The number of hydrogen-bond acceptors (Lipinski definition) is 3. The maximum absolute atomic E-state index is 3.00. The first kappa shape index (κ1) is 10.5. The molecule has 0 aromatic rings. The summed E-state index contributed by atoms with van der Waals surface area (Å²) in [5, 5.41) is 0. The van der Waals surface area contributed by atoms with Crippen LogP contribution in [0.5, 0.6) is 0 Å². The Bertz CT molecular complexity index is 143. The van der Waals surface area contributed by atoms with Crippen LogP contribution in [0.4, 0.5) is 0 Å². The molecule has 0 saturated carbocycles. The highest BCUT2D eigenvalue weighted by molar-refractivity contribution is 8.21. The highest BCUT2D eigenvalue weighted by Crippen LogP contribution is 2.49. The van der Waals surface area contributed by atoms with Gasteiger partial charge < -0.3 is 4.90 Å². The number of rotatable bonds is 0. The minimum atomic E-state index is 0.620. The zero-order valence-electron chi connectivity index (χ0n) is 7.71. The van der Waals surface area contributed by atoms with E-state index in [1.165, 1.54) is 31.0 Å². The summed E-state index contributed by atoms with van der Waals surface area (Å²) < 4.78 is 0.620. The van der Waals surface area contributed by atoms with E-state index in [1.54, 1.807) is 0 Å². The fourth-order valence-corrected chi connectivity index (χ4v) is 5.00. The lowest BCUT2D eigenvalue weighted by molar-refractivity contribution is 0.417. The zero-order chi connectivity index (χ0) is 9.03. The monoisotopic (exact) mass is 203 g/mol. The lowest BCUT2D eigenvalue weighted by atomic mass is 10.4. The molecule has 2 heterocycles. The van der Waals surface area contributed by atoms with Gasteiger partial charge in [-0.3, -0.25) is 0 Å². The summed E-state index contributed by atoms with van der Waals surface area (Å²) >= 11 is 4.35. The van der Waals surface area contributed by atoms with Gasteiger partial charge in [-0.2, -0.15) is 0 Å². The average Bonchev–Trinajstić information content (AvgIpc) is 2.68. The van der Waals surface area contributed by atoms with Crippen LogP contribution in [0.25, 0.3) is 0 Å². The van der Waals surface area contributed by atoms with Crippen molar-refractivity contribution in [3.05, 3.63) is 13.2 Å². The van der Waals surface area contributed by atoms with E-state index in [9.17, 15) is 0 Å². The van der Waals surface area contributed by atoms with Crippen LogP contribution in [0.3, 0.4) is 0 Å². The van der Waals surface area contributed by atoms with E-state index >= 15 is 0 Å². The van der Waals surface area contributed by atoms with Crippen molar-refractivity contribution >= 4 is 23.5 Å². The molecule has 2 aliphatic heterocycles. The summed E-state index contributed by atoms with van der Waals surface area (Å²) in [7, 11) is 2.23. The summed E-state index contributed by atoms with van der Waals surface area (Å²) in [4.78, 5) is 2.45.